The highest BCUT2D eigenvalue weighted by molar-refractivity contribution is 5.68. The summed E-state index contributed by atoms with van der Waals surface area (Å²) < 4.78 is 19.8. The van der Waals surface area contributed by atoms with Gasteiger partial charge in [-0.2, -0.15) is 0 Å². The van der Waals surface area contributed by atoms with Crippen molar-refractivity contribution in [3.05, 3.63) is 29.6 Å². The molecule has 5 nitrogen and oxygen atoms in total. The Bertz CT molecular complexity index is 743. The summed E-state index contributed by atoms with van der Waals surface area (Å²) in [4.78, 5) is 16.7. The fourth-order valence-corrected chi connectivity index (χ4v) is 4.97. The summed E-state index contributed by atoms with van der Waals surface area (Å²) in [6, 6.07) is 4.51. The van der Waals surface area contributed by atoms with Gasteiger partial charge in [0.1, 0.15) is 17.2 Å². The molecule has 0 radical (unpaired) electrons. The first-order chi connectivity index (χ1) is 14.0. The SMILES string of the molecule is CC(C)(C)OC(=O)N1CCC(C(C)(C)N2CCC(c3ccc(O)cc3F)CC2)CC1. The quantitative estimate of drug-likeness (QED) is 0.736. The molecule has 2 saturated heterocycles. The van der Waals surface area contributed by atoms with Crippen molar-refractivity contribution in [1.82, 2.24) is 9.80 Å². The van der Waals surface area contributed by atoms with Crippen LogP contribution >= 0.6 is 0 Å². The summed E-state index contributed by atoms with van der Waals surface area (Å²) in [5, 5.41) is 9.46. The molecule has 1 aromatic carbocycles. The van der Waals surface area contributed by atoms with Gasteiger partial charge in [-0.3, -0.25) is 4.90 Å². The van der Waals surface area contributed by atoms with Crippen LogP contribution in [0.4, 0.5) is 9.18 Å². The summed E-state index contributed by atoms with van der Waals surface area (Å²) in [5.74, 6) is 0.388. The van der Waals surface area contributed by atoms with Gasteiger partial charge in [-0.25, -0.2) is 9.18 Å². The van der Waals surface area contributed by atoms with Crippen molar-refractivity contribution in [3.8, 4) is 5.75 Å². The van der Waals surface area contributed by atoms with Gasteiger partial charge in [0, 0.05) is 24.7 Å². The molecule has 1 aromatic rings. The number of aromatic hydroxyl groups is 1. The molecular formula is C24H37FN2O3. The van der Waals surface area contributed by atoms with E-state index in [1.807, 2.05) is 25.7 Å². The first kappa shape index (κ1) is 22.9. The molecule has 2 heterocycles. The number of amides is 1. The molecule has 0 bridgehead atoms. The van der Waals surface area contributed by atoms with Crippen LogP contribution in [0, 0.1) is 11.7 Å². The maximum absolute atomic E-state index is 14.2. The average molecular weight is 421 g/mol. The topological polar surface area (TPSA) is 53.0 Å². The highest BCUT2D eigenvalue weighted by Crippen LogP contribution is 2.38. The first-order valence-corrected chi connectivity index (χ1v) is 11.2. The third-order valence-corrected chi connectivity index (χ3v) is 6.88. The minimum absolute atomic E-state index is 0.0208. The molecule has 0 atom stereocenters. The maximum atomic E-state index is 14.2. The predicted molar refractivity (Wildman–Crippen MR) is 116 cm³/mol. The van der Waals surface area contributed by atoms with E-state index in [-0.39, 0.29) is 29.1 Å². The number of hydrogen-bond acceptors (Lipinski definition) is 4. The Labute approximate surface area is 180 Å². The van der Waals surface area contributed by atoms with E-state index in [1.165, 1.54) is 6.07 Å². The van der Waals surface area contributed by atoms with E-state index in [1.54, 1.807) is 12.1 Å². The Morgan fingerprint density at radius 2 is 1.63 bits per heavy atom. The van der Waals surface area contributed by atoms with Crippen molar-refractivity contribution in [3.63, 3.8) is 0 Å². The van der Waals surface area contributed by atoms with Crippen LogP contribution in [0.1, 0.15) is 71.8 Å². The van der Waals surface area contributed by atoms with E-state index in [2.05, 4.69) is 18.7 Å². The second-order valence-electron chi connectivity index (χ2n) is 10.4. The second-order valence-corrected chi connectivity index (χ2v) is 10.4. The molecule has 2 fully saturated rings. The predicted octanol–water partition coefficient (Wildman–Crippen LogP) is 5.14. The summed E-state index contributed by atoms with van der Waals surface area (Å²) in [5.41, 5.74) is 0.295. The number of carbonyl (C=O) groups excluding carboxylic acids is 1. The summed E-state index contributed by atoms with van der Waals surface area (Å²) in [6.45, 7) is 13.6. The lowest BCUT2D eigenvalue weighted by Crippen LogP contribution is -2.55. The van der Waals surface area contributed by atoms with Crippen molar-refractivity contribution in [2.75, 3.05) is 26.2 Å². The molecule has 6 heteroatoms. The van der Waals surface area contributed by atoms with Crippen molar-refractivity contribution in [2.45, 2.75) is 77.4 Å². The zero-order valence-electron chi connectivity index (χ0n) is 19.1. The number of phenolic OH excluding ortho intramolecular Hbond substituents is 1. The lowest BCUT2D eigenvalue weighted by molar-refractivity contribution is -0.00684. The van der Waals surface area contributed by atoms with Gasteiger partial charge in [0.2, 0.25) is 0 Å². The van der Waals surface area contributed by atoms with Crippen LogP contribution < -0.4 is 0 Å². The highest BCUT2D eigenvalue weighted by atomic mass is 19.1. The molecule has 2 aliphatic rings. The van der Waals surface area contributed by atoms with Gasteiger partial charge in [0.05, 0.1) is 0 Å². The number of carbonyl (C=O) groups is 1. The number of ether oxygens (including phenoxy) is 1. The lowest BCUT2D eigenvalue weighted by atomic mass is 9.77. The van der Waals surface area contributed by atoms with Crippen LogP contribution in [0.2, 0.25) is 0 Å². The van der Waals surface area contributed by atoms with Crippen LogP contribution in [0.5, 0.6) is 5.75 Å². The van der Waals surface area contributed by atoms with Crippen LogP contribution in [0.25, 0.3) is 0 Å². The molecule has 0 aliphatic carbocycles. The Hall–Kier alpha value is -1.82. The van der Waals surface area contributed by atoms with Gasteiger partial charge in [0.25, 0.3) is 0 Å². The summed E-state index contributed by atoms with van der Waals surface area (Å²) in [7, 11) is 0. The number of nitrogens with zero attached hydrogens (tertiary/aromatic N) is 2. The molecule has 168 valence electrons. The molecular weight excluding hydrogens is 383 g/mol. The molecule has 1 amide bonds. The smallest absolute Gasteiger partial charge is 0.410 e. The Kier molecular flexibility index (Phi) is 6.66. The molecule has 0 saturated carbocycles. The molecule has 0 aromatic heterocycles. The fraction of sp³-hybridized carbons (Fsp3) is 0.708. The monoisotopic (exact) mass is 420 g/mol. The van der Waals surface area contributed by atoms with Crippen LogP contribution in [-0.4, -0.2) is 58.3 Å². The van der Waals surface area contributed by atoms with Crippen molar-refractivity contribution in [2.24, 2.45) is 5.92 Å². The first-order valence-electron chi connectivity index (χ1n) is 11.2. The van der Waals surface area contributed by atoms with E-state index >= 15 is 0 Å². The fourth-order valence-electron chi connectivity index (χ4n) is 4.97. The number of benzene rings is 1. The zero-order valence-corrected chi connectivity index (χ0v) is 19.1. The number of likely N-dealkylation sites (tertiary alicyclic amines) is 2. The highest BCUT2D eigenvalue weighted by Gasteiger charge is 2.40. The minimum Gasteiger partial charge on any atom is -0.508 e. The second kappa shape index (κ2) is 8.74. The number of rotatable bonds is 3. The third-order valence-electron chi connectivity index (χ3n) is 6.88. The number of phenols is 1. The Balaban J connectivity index is 1.54. The lowest BCUT2D eigenvalue weighted by Gasteiger charge is -2.49. The van der Waals surface area contributed by atoms with E-state index < -0.39 is 5.60 Å². The van der Waals surface area contributed by atoms with Gasteiger partial charge in [-0.1, -0.05) is 6.07 Å². The van der Waals surface area contributed by atoms with Gasteiger partial charge in [0.15, 0.2) is 0 Å². The van der Waals surface area contributed by atoms with E-state index in [0.29, 0.717) is 5.92 Å². The van der Waals surface area contributed by atoms with Crippen molar-refractivity contribution in [1.29, 1.82) is 0 Å². The van der Waals surface area contributed by atoms with Crippen LogP contribution in [0.3, 0.4) is 0 Å². The molecule has 2 aliphatic heterocycles. The largest absolute Gasteiger partial charge is 0.508 e. The number of piperidine rings is 2. The van der Waals surface area contributed by atoms with Crippen LogP contribution in [0.15, 0.2) is 18.2 Å². The molecule has 0 unspecified atom stereocenters. The third kappa shape index (κ3) is 5.26. The van der Waals surface area contributed by atoms with Crippen molar-refractivity contribution >= 4 is 6.09 Å². The molecule has 0 spiro atoms. The van der Waals surface area contributed by atoms with Crippen molar-refractivity contribution < 1.29 is 19.0 Å². The molecule has 3 rings (SSSR count). The van der Waals surface area contributed by atoms with Gasteiger partial charge >= 0.3 is 6.09 Å². The molecule has 1 N–H and O–H groups in total. The van der Waals surface area contributed by atoms with Gasteiger partial charge in [-0.05, 0) is 96.9 Å². The van der Waals surface area contributed by atoms with E-state index in [0.717, 1.165) is 57.4 Å². The van der Waals surface area contributed by atoms with Gasteiger partial charge < -0.3 is 14.7 Å². The zero-order chi connectivity index (χ0) is 22.1. The Morgan fingerprint density at radius 3 is 2.17 bits per heavy atom. The normalized spacial score (nSPS) is 20.4. The van der Waals surface area contributed by atoms with Crippen LogP contribution in [-0.2, 0) is 4.74 Å². The molecule has 30 heavy (non-hydrogen) atoms. The van der Waals surface area contributed by atoms with E-state index in [9.17, 15) is 14.3 Å². The maximum Gasteiger partial charge on any atom is 0.410 e. The average Bonchev–Trinajstić information content (AvgIpc) is 2.67. The van der Waals surface area contributed by atoms with E-state index in [4.69, 9.17) is 4.74 Å². The summed E-state index contributed by atoms with van der Waals surface area (Å²) >= 11 is 0. The Morgan fingerprint density at radius 1 is 1.03 bits per heavy atom. The van der Waals surface area contributed by atoms with Gasteiger partial charge in [-0.15, -0.1) is 0 Å². The number of halogens is 1. The summed E-state index contributed by atoms with van der Waals surface area (Å²) in [6.07, 6.45) is 3.57. The minimum atomic E-state index is -0.464. The number of hydrogen-bond donors (Lipinski definition) is 1. The standard InChI is InChI=1S/C24H37FN2O3/c1-23(2,3)30-22(29)26-12-10-18(11-13-26)24(4,5)27-14-8-17(9-15-27)20-7-6-19(28)16-21(20)25/h6-7,16-18,28H,8-15H2,1-5H3.